The van der Waals surface area contributed by atoms with Crippen LogP contribution in [0.2, 0.25) is 0 Å². The number of carbonyl (C=O) groups excluding carboxylic acids is 1. The summed E-state index contributed by atoms with van der Waals surface area (Å²) in [4.78, 5) is 23.0. The molecular weight excluding hydrogens is 417 g/mol. The number of carboxylic acid groups (broad SMARTS) is 1. The van der Waals surface area contributed by atoms with Crippen molar-refractivity contribution in [2.24, 2.45) is 0 Å². The topological polar surface area (TPSA) is 96.9 Å². The molecule has 166 valence electrons. The van der Waals surface area contributed by atoms with Crippen LogP contribution in [0.1, 0.15) is 36.0 Å². The van der Waals surface area contributed by atoms with Gasteiger partial charge in [0.25, 0.3) is 0 Å². The van der Waals surface area contributed by atoms with E-state index in [1.807, 2.05) is 0 Å². The van der Waals surface area contributed by atoms with Crippen LogP contribution < -0.4 is 20.1 Å². The molecule has 2 amide bonds. The number of carbonyl (C=O) groups is 2. The summed E-state index contributed by atoms with van der Waals surface area (Å²) < 4.78 is 46.2. The van der Waals surface area contributed by atoms with Crippen molar-refractivity contribution in [2.45, 2.75) is 44.2 Å². The minimum absolute atomic E-state index is 0.0297. The Hall–Kier alpha value is -3.43. The second-order valence-electron chi connectivity index (χ2n) is 7.09. The van der Waals surface area contributed by atoms with E-state index in [0.717, 1.165) is 25.0 Å². The van der Waals surface area contributed by atoms with Crippen LogP contribution in [0.3, 0.4) is 0 Å². The summed E-state index contributed by atoms with van der Waals surface area (Å²) in [6, 6.07) is 10.6. The highest BCUT2D eigenvalue weighted by Crippen LogP contribution is 2.25. The van der Waals surface area contributed by atoms with Crippen molar-refractivity contribution in [1.29, 1.82) is 0 Å². The van der Waals surface area contributed by atoms with Gasteiger partial charge in [0, 0.05) is 11.7 Å². The highest BCUT2D eigenvalue weighted by atomic mass is 19.4. The lowest BCUT2D eigenvalue weighted by Crippen LogP contribution is -2.41. The zero-order chi connectivity index (χ0) is 22.4. The Morgan fingerprint density at radius 1 is 0.903 bits per heavy atom. The van der Waals surface area contributed by atoms with E-state index in [1.165, 1.54) is 24.3 Å². The van der Waals surface area contributed by atoms with Crippen molar-refractivity contribution in [1.82, 2.24) is 5.32 Å². The predicted molar refractivity (Wildman–Crippen MR) is 105 cm³/mol. The number of hydrogen-bond donors (Lipinski definition) is 3. The van der Waals surface area contributed by atoms with Gasteiger partial charge in [0.05, 0.1) is 11.7 Å². The molecule has 3 N–H and O–H groups in total. The smallest absolute Gasteiger partial charge is 0.490 e. The van der Waals surface area contributed by atoms with Crippen LogP contribution in [-0.4, -0.2) is 35.6 Å². The maximum atomic E-state index is 12.2. The molecule has 0 heterocycles. The Morgan fingerprint density at radius 3 is 2.03 bits per heavy atom. The van der Waals surface area contributed by atoms with Gasteiger partial charge < -0.3 is 25.2 Å². The van der Waals surface area contributed by atoms with Crippen molar-refractivity contribution in [3.8, 4) is 11.5 Å². The molecular formula is C21H21F3N2O5. The average Bonchev–Trinajstić information content (AvgIpc) is 2.70. The van der Waals surface area contributed by atoms with Crippen LogP contribution in [-0.2, 0) is 0 Å². The molecule has 31 heavy (non-hydrogen) atoms. The zero-order valence-corrected chi connectivity index (χ0v) is 16.3. The molecule has 0 spiro atoms. The first-order valence-corrected chi connectivity index (χ1v) is 9.61. The molecule has 0 radical (unpaired) electrons. The van der Waals surface area contributed by atoms with E-state index in [1.54, 1.807) is 12.1 Å². The summed E-state index contributed by atoms with van der Waals surface area (Å²) in [6.07, 6.45) is -1.97. The molecule has 1 fully saturated rings. The standard InChI is InChI=1S/C21H21F3N2O5/c22-21(23,24)31-18-11-5-15(6-12-18)26-20(29)25-14-3-9-17(10-4-14)30-16-7-1-13(2-8-16)19(27)28/h1-2,5-8,11-12,14,17H,3-4,9-10H2,(H,27,28)(H2,25,26,29)/t14-,17+. The molecule has 0 bridgehead atoms. The number of amides is 2. The molecule has 0 atom stereocenters. The van der Waals surface area contributed by atoms with Crippen LogP contribution in [0.15, 0.2) is 48.5 Å². The van der Waals surface area contributed by atoms with E-state index in [4.69, 9.17) is 9.84 Å². The van der Waals surface area contributed by atoms with Crippen molar-refractivity contribution in [3.63, 3.8) is 0 Å². The van der Waals surface area contributed by atoms with Crippen molar-refractivity contribution < 1.29 is 37.3 Å². The normalized spacial score (nSPS) is 18.7. The van der Waals surface area contributed by atoms with E-state index >= 15 is 0 Å². The first-order valence-electron chi connectivity index (χ1n) is 9.61. The van der Waals surface area contributed by atoms with Gasteiger partial charge in [-0.1, -0.05) is 0 Å². The molecule has 0 unspecified atom stereocenters. The summed E-state index contributed by atoms with van der Waals surface area (Å²) in [7, 11) is 0. The molecule has 1 aliphatic carbocycles. The van der Waals surface area contributed by atoms with E-state index in [2.05, 4.69) is 15.4 Å². The van der Waals surface area contributed by atoms with Gasteiger partial charge in [-0.2, -0.15) is 0 Å². The van der Waals surface area contributed by atoms with E-state index in [0.29, 0.717) is 24.3 Å². The first kappa shape index (κ1) is 22.3. The van der Waals surface area contributed by atoms with Crippen LogP contribution in [0, 0.1) is 0 Å². The molecule has 2 aromatic rings. The van der Waals surface area contributed by atoms with Crippen LogP contribution in [0.25, 0.3) is 0 Å². The van der Waals surface area contributed by atoms with Gasteiger partial charge in [-0.15, -0.1) is 13.2 Å². The number of hydrogen-bond acceptors (Lipinski definition) is 4. The highest BCUT2D eigenvalue weighted by molar-refractivity contribution is 5.89. The van der Waals surface area contributed by atoms with Gasteiger partial charge in [0.15, 0.2) is 0 Å². The highest BCUT2D eigenvalue weighted by Gasteiger charge is 2.31. The van der Waals surface area contributed by atoms with Crippen LogP contribution in [0.4, 0.5) is 23.7 Å². The van der Waals surface area contributed by atoms with E-state index < -0.39 is 18.4 Å². The number of urea groups is 1. The minimum atomic E-state index is -4.77. The lowest BCUT2D eigenvalue weighted by atomic mass is 9.93. The first-order chi connectivity index (χ1) is 14.7. The maximum absolute atomic E-state index is 12.2. The van der Waals surface area contributed by atoms with Gasteiger partial charge in [-0.25, -0.2) is 9.59 Å². The third-order valence-electron chi connectivity index (χ3n) is 4.76. The minimum Gasteiger partial charge on any atom is -0.490 e. The van der Waals surface area contributed by atoms with Crippen LogP contribution in [0.5, 0.6) is 11.5 Å². The molecule has 0 aromatic heterocycles. The quantitative estimate of drug-likeness (QED) is 0.602. The summed E-state index contributed by atoms with van der Waals surface area (Å²) in [5, 5.41) is 14.3. The summed E-state index contributed by atoms with van der Waals surface area (Å²) in [5.41, 5.74) is 0.530. The Labute approximate surface area is 176 Å². The van der Waals surface area contributed by atoms with Crippen LogP contribution >= 0.6 is 0 Å². The third kappa shape index (κ3) is 7.09. The summed E-state index contributed by atoms with van der Waals surface area (Å²) in [5.74, 6) is -0.770. The van der Waals surface area contributed by atoms with Gasteiger partial charge >= 0.3 is 18.4 Å². The van der Waals surface area contributed by atoms with Gasteiger partial charge in [-0.05, 0) is 74.2 Å². The molecule has 0 saturated heterocycles. The van der Waals surface area contributed by atoms with E-state index in [9.17, 15) is 22.8 Å². The van der Waals surface area contributed by atoms with Gasteiger partial charge in [-0.3, -0.25) is 0 Å². The fourth-order valence-corrected chi connectivity index (χ4v) is 3.29. The van der Waals surface area contributed by atoms with E-state index in [-0.39, 0.29) is 23.5 Å². The molecule has 3 rings (SSSR count). The number of ether oxygens (including phenoxy) is 2. The summed E-state index contributed by atoms with van der Waals surface area (Å²) >= 11 is 0. The van der Waals surface area contributed by atoms with Crippen molar-refractivity contribution in [3.05, 3.63) is 54.1 Å². The van der Waals surface area contributed by atoms with Gasteiger partial charge in [0.2, 0.25) is 0 Å². The number of halogens is 3. The number of rotatable bonds is 6. The van der Waals surface area contributed by atoms with Crippen molar-refractivity contribution in [2.75, 3.05) is 5.32 Å². The molecule has 2 aromatic carbocycles. The molecule has 10 heteroatoms. The Balaban J connectivity index is 1.41. The zero-order valence-electron chi connectivity index (χ0n) is 16.3. The van der Waals surface area contributed by atoms with Gasteiger partial charge in [0.1, 0.15) is 11.5 Å². The lowest BCUT2D eigenvalue weighted by Gasteiger charge is -2.29. The summed E-state index contributed by atoms with van der Waals surface area (Å²) in [6.45, 7) is 0. The molecule has 1 saturated carbocycles. The Kier molecular flexibility index (Phi) is 6.88. The number of benzene rings is 2. The molecule has 0 aliphatic heterocycles. The number of nitrogens with one attached hydrogen (secondary N) is 2. The molecule has 7 nitrogen and oxygen atoms in total. The number of alkyl halides is 3. The third-order valence-corrected chi connectivity index (χ3v) is 4.76. The fourth-order valence-electron chi connectivity index (χ4n) is 3.29. The average molecular weight is 438 g/mol. The molecule has 1 aliphatic rings. The lowest BCUT2D eigenvalue weighted by molar-refractivity contribution is -0.274. The fraction of sp³-hybridized carbons (Fsp3) is 0.333. The number of carboxylic acids is 1. The Morgan fingerprint density at radius 2 is 1.48 bits per heavy atom. The number of anilines is 1. The Bertz CT molecular complexity index is 893. The van der Waals surface area contributed by atoms with Crippen molar-refractivity contribution >= 4 is 17.7 Å². The second kappa shape index (κ2) is 9.59. The SMILES string of the molecule is O=C(Nc1ccc(OC(F)(F)F)cc1)N[C@H]1CC[C@@H](Oc2ccc(C(=O)O)cc2)CC1. The second-order valence-corrected chi connectivity index (χ2v) is 7.09. The monoisotopic (exact) mass is 438 g/mol. The number of aromatic carboxylic acids is 1. The maximum Gasteiger partial charge on any atom is 0.573 e. The predicted octanol–water partition coefficient (Wildman–Crippen LogP) is 4.80. The largest absolute Gasteiger partial charge is 0.573 e.